The first-order valence-corrected chi connectivity index (χ1v) is 6.97. The number of non-ortho nitro benzene ring substituents is 1. The monoisotopic (exact) mass is 296 g/mol. The van der Waals surface area contributed by atoms with Crippen LogP contribution < -0.4 is 0 Å². The van der Waals surface area contributed by atoms with Gasteiger partial charge in [0.2, 0.25) is 0 Å². The van der Waals surface area contributed by atoms with Crippen LogP contribution in [0.3, 0.4) is 0 Å². The Kier molecular flexibility index (Phi) is 3.74. The SMILES string of the molecule is Cn1cccc1C(Cc1ccc([N+](=O)[O-])cc1)n1ccnc1. The molecule has 0 N–H and O–H groups in total. The molecule has 0 bridgehead atoms. The number of rotatable bonds is 5. The molecule has 0 radical (unpaired) electrons. The summed E-state index contributed by atoms with van der Waals surface area (Å²) in [6.45, 7) is 0. The van der Waals surface area contributed by atoms with E-state index in [0.717, 1.165) is 17.7 Å². The molecule has 22 heavy (non-hydrogen) atoms. The largest absolute Gasteiger partial charge is 0.353 e. The van der Waals surface area contributed by atoms with E-state index in [1.54, 1.807) is 24.7 Å². The minimum atomic E-state index is -0.381. The third-order valence-corrected chi connectivity index (χ3v) is 3.79. The van der Waals surface area contributed by atoms with Gasteiger partial charge in [0.25, 0.3) is 5.69 Å². The number of hydrogen-bond acceptors (Lipinski definition) is 3. The highest BCUT2D eigenvalue weighted by Crippen LogP contribution is 2.24. The number of nitro groups is 1. The van der Waals surface area contributed by atoms with Crippen LogP contribution in [-0.4, -0.2) is 19.0 Å². The first-order valence-electron chi connectivity index (χ1n) is 6.97. The van der Waals surface area contributed by atoms with E-state index >= 15 is 0 Å². The molecule has 0 saturated heterocycles. The van der Waals surface area contributed by atoms with Crippen molar-refractivity contribution in [2.75, 3.05) is 0 Å². The molecule has 3 rings (SSSR count). The molecule has 0 aliphatic heterocycles. The van der Waals surface area contributed by atoms with Gasteiger partial charge in [-0.1, -0.05) is 12.1 Å². The van der Waals surface area contributed by atoms with Gasteiger partial charge in [-0.2, -0.15) is 0 Å². The van der Waals surface area contributed by atoms with Crippen molar-refractivity contribution in [1.29, 1.82) is 0 Å². The molecule has 0 saturated carbocycles. The number of nitrogens with zero attached hydrogens (tertiary/aromatic N) is 4. The fourth-order valence-corrected chi connectivity index (χ4v) is 2.61. The Morgan fingerprint density at radius 2 is 2.00 bits per heavy atom. The number of imidazole rings is 1. The fraction of sp³-hybridized carbons (Fsp3) is 0.188. The van der Waals surface area contributed by atoms with Gasteiger partial charge in [0.1, 0.15) is 0 Å². The summed E-state index contributed by atoms with van der Waals surface area (Å²) in [6, 6.07) is 10.9. The molecular formula is C16H16N4O2. The third kappa shape index (κ3) is 2.76. The Labute approximate surface area is 127 Å². The molecule has 1 aromatic carbocycles. The molecule has 0 aliphatic rings. The minimum absolute atomic E-state index is 0.101. The molecule has 112 valence electrons. The summed E-state index contributed by atoms with van der Waals surface area (Å²) >= 11 is 0. The van der Waals surface area contributed by atoms with Crippen LogP contribution in [0.15, 0.2) is 61.3 Å². The van der Waals surface area contributed by atoms with Crippen LogP contribution in [0.5, 0.6) is 0 Å². The summed E-state index contributed by atoms with van der Waals surface area (Å²) in [6.07, 6.45) is 8.24. The number of aryl methyl sites for hydroxylation is 1. The Morgan fingerprint density at radius 3 is 2.55 bits per heavy atom. The van der Waals surface area contributed by atoms with Crippen molar-refractivity contribution < 1.29 is 4.92 Å². The van der Waals surface area contributed by atoms with Crippen LogP contribution in [0.2, 0.25) is 0 Å². The molecule has 6 nitrogen and oxygen atoms in total. The zero-order chi connectivity index (χ0) is 15.5. The number of nitro benzene ring substituents is 1. The highest BCUT2D eigenvalue weighted by atomic mass is 16.6. The number of benzene rings is 1. The Hall–Kier alpha value is -2.89. The molecule has 2 aromatic heterocycles. The first kappa shape index (κ1) is 14.1. The van der Waals surface area contributed by atoms with Gasteiger partial charge in [-0.05, 0) is 24.1 Å². The molecule has 0 fully saturated rings. The van der Waals surface area contributed by atoms with Gasteiger partial charge >= 0.3 is 0 Å². The van der Waals surface area contributed by atoms with Crippen LogP contribution in [0.4, 0.5) is 5.69 Å². The zero-order valence-electron chi connectivity index (χ0n) is 12.2. The first-order chi connectivity index (χ1) is 10.6. The zero-order valence-corrected chi connectivity index (χ0v) is 12.2. The van der Waals surface area contributed by atoms with Gasteiger partial charge in [0, 0.05) is 43.5 Å². The minimum Gasteiger partial charge on any atom is -0.353 e. The summed E-state index contributed by atoms with van der Waals surface area (Å²) in [5.74, 6) is 0. The van der Waals surface area contributed by atoms with E-state index in [4.69, 9.17) is 0 Å². The number of hydrogen-bond donors (Lipinski definition) is 0. The van der Waals surface area contributed by atoms with Gasteiger partial charge in [0.15, 0.2) is 0 Å². The van der Waals surface area contributed by atoms with E-state index in [9.17, 15) is 10.1 Å². The van der Waals surface area contributed by atoms with E-state index in [2.05, 4.69) is 20.2 Å². The molecule has 3 aromatic rings. The van der Waals surface area contributed by atoms with Crippen LogP contribution in [-0.2, 0) is 13.5 Å². The summed E-state index contributed by atoms with van der Waals surface area (Å²) in [4.78, 5) is 14.5. The molecule has 0 aliphatic carbocycles. The van der Waals surface area contributed by atoms with Gasteiger partial charge < -0.3 is 9.13 Å². The maximum atomic E-state index is 10.7. The maximum Gasteiger partial charge on any atom is 0.269 e. The van der Waals surface area contributed by atoms with Crippen LogP contribution in [0, 0.1) is 10.1 Å². The highest BCUT2D eigenvalue weighted by molar-refractivity contribution is 5.33. The van der Waals surface area contributed by atoms with Crippen molar-refractivity contribution in [3.63, 3.8) is 0 Å². The lowest BCUT2D eigenvalue weighted by Crippen LogP contribution is -2.15. The quantitative estimate of drug-likeness (QED) is 0.537. The lowest BCUT2D eigenvalue weighted by Gasteiger charge is -2.19. The lowest BCUT2D eigenvalue weighted by atomic mass is 10.0. The third-order valence-electron chi connectivity index (χ3n) is 3.79. The van der Waals surface area contributed by atoms with Crippen LogP contribution in [0.1, 0.15) is 17.3 Å². The Morgan fingerprint density at radius 1 is 1.23 bits per heavy atom. The van der Waals surface area contributed by atoms with E-state index < -0.39 is 0 Å². The van der Waals surface area contributed by atoms with Crippen LogP contribution in [0.25, 0.3) is 0 Å². The summed E-state index contributed by atoms with van der Waals surface area (Å²) < 4.78 is 4.13. The summed E-state index contributed by atoms with van der Waals surface area (Å²) in [7, 11) is 2.01. The van der Waals surface area contributed by atoms with E-state index in [1.807, 2.05) is 37.6 Å². The fourth-order valence-electron chi connectivity index (χ4n) is 2.61. The Balaban J connectivity index is 1.91. The smallest absolute Gasteiger partial charge is 0.269 e. The van der Waals surface area contributed by atoms with Crippen molar-refractivity contribution in [2.45, 2.75) is 12.5 Å². The van der Waals surface area contributed by atoms with Crippen molar-refractivity contribution in [1.82, 2.24) is 14.1 Å². The van der Waals surface area contributed by atoms with Gasteiger partial charge in [0.05, 0.1) is 17.3 Å². The highest BCUT2D eigenvalue weighted by Gasteiger charge is 2.17. The van der Waals surface area contributed by atoms with Crippen molar-refractivity contribution in [3.05, 3.63) is 82.7 Å². The molecular weight excluding hydrogens is 280 g/mol. The molecule has 6 heteroatoms. The van der Waals surface area contributed by atoms with Gasteiger partial charge in [-0.3, -0.25) is 10.1 Å². The Bertz CT molecular complexity index is 760. The predicted molar refractivity (Wildman–Crippen MR) is 82.6 cm³/mol. The maximum absolute atomic E-state index is 10.7. The second-order valence-corrected chi connectivity index (χ2v) is 5.20. The average molecular weight is 296 g/mol. The topological polar surface area (TPSA) is 65.9 Å². The second-order valence-electron chi connectivity index (χ2n) is 5.20. The predicted octanol–water partition coefficient (Wildman–Crippen LogP) is 2.96. The van der Waals surface area contributed by atoms with E-state index in [0.29, 0.717) is 0 Å². The van der Waals surface area contributed by atoms with E-state index in [-0.39, 0.29) is 16.7 Å². The average Bonchev–Trinajstić information content (AvgIpc) is 3.17. The van der Waals surface area contributed by atoms with Gasteiger partial charge in [-0.15, -0.1) is 0 Å². The lowest BCUT2D eigenvalue weighted by molar-refractivity contribution is -0.384. The standard InChI is InChI=1S/C16H16N4O2/c1-18-9-2-3-15(18)16(19-10-8-17-12-19)11-13-4-6-14(7-5-13)20(21)22/h2-10,12,16H,11H2,1H3. The van der Waals surface area contributed by atoms with Gasteiger partial charge in [-0.25, -0.2) is 4.98 Å². The molecule has 0 amide bonds. The summed E-state index contributed by atoms with van der Waals surface area (Å²) in [5, 5.41) is 10.7. The van der Waals surface area contributed by atoms with E-state index in [1.165, 1.54) is 0 Å². The second kappa shape index (κ2) is 5.85. The normalized spacial score (nSPS) is 12.2. The molecule has 1 atom stereocenters. The summed E-state index contributed by atoms with van der Waals surface area (Å²) in [5.41, 5.74) is 2.32. The molecule has 1 unspecified atom stereocenters. The molecule has 2 heterocycles. The van der Waals surface area contributed by atoms with Crippen molar-refractivity contribution in [3.8, 4) is 0 Å². The van der Waals surface area contributed by atoms with Crippen LogP contribution >= 0.6 is 0 Å². The van der Waals surface area contributed by atoms with Crippen molar-refractivity contribution >= 4 is 5.69 Å². The molecule has 0 spiro atoms. The number of aromatic nitrogens is 3. The van der Waals surface area contributed by atoms with Crippen molar-refractivity contribution in [2.24, 2.45) is 7.05 Å².